The number of hydrogen-bond donors (Lipinski definition) is 1. The summed E-state index contributed by atoms with van der Waals surface area (Å²) in [6, 6.07) is 16.2. The van der Waals surface area contributed by atoms with Crippen LogP contribution in [0.1, 0.15) is 21.7 Å². The number of aromatic amines is 1. The van der Waals surface area contributed by atoms with E-state index in [1.807, 2.05) is 30.3 Å². The standard InChI is InChI=1S/C22H18N2O5/c1-13-20(17-5-3-4-6-18(17)23-13)21(25)22(26)28-12-15-11-19(29-24-15)14-7-9-16(27-2)10-8-14/h3-11,23H,12H2,1-2H3. The number of Topliss-reactive ketones (excluding diaryl/α,β-unsaturated/α-hetero) is 1. The van der Waals surface area contributed by atoms with Crippen molar-refractivity contribution in [1.82, 2.24) is 10.1 Å². The summed E-state index contributed by atoms with van der Waals surface area (Å²) in [5.74, 6) is -0.378. The molecular formula is C22H18N2O5. The molecule has 2 aromatic carbocycles. The summed E-state index contributed by atoms with van der Waals surface area (Å²) in [7, 11) is 1.59. The summed E-state index contributed by atoms with van der Waals surface area (Å²) in [4.78, 5) is 28.0. The summed E-state index contributed by atoms with van der Waals surface area (Å²) in [5, 5.41) is 4.59. The summed E-state index contributed by atoms with van der Waals surface area (Å²) in [6.07, 6.45) is 0. The number of hydrogen-bond acceptors (Lipinski definition) is 6. The molecular weight excluding hydrogens is 372 g/mol. The van der Waals surface area contributed by atoms with Gasteiger partial charge >= 0.3 is 5.97 Å². The molecule has 0 bridgehead atoms. The van der Waals surface area contributed by atoms with Gasteiger partial charge in [-0.3, -0.25) is 4.79 Å². The lowest BCUT2D eigenvalue weighted by Gasteiger charge is -2.02. The molecule has 0 amide bonds. The molecule has 4 rings (SSSR count). The van der Waals surface area contributed by atoms with Crippen LogP contribution in [0.4, 0.5) is 0 Å². The van der Waals surface area contributed by atoms with Crippen LogP contribution in [0, 0.1) is 6.92 Å². The van der Waals surface area contributed by atoms with Gasteiger partial charge in [-0.25, -0.2) is 4.79 Å². The minimum atomic E-state index is -0.938. The zero-order chi connectivity index (χ0) is 20.4. The van der Waals surface area contributed by atoms with E-state index in [1.165, 1.54) is 0 Å². The van der Waals surface area contributed by atoms with Crippen LogP contribution < -0.4 is 4.74 Å². The Morgan fingerprint density at radius 2 is 1.86 bits per heavy atom. The third-order valence-electron chi connectivity index (χ3n) is 4.59. The minimum Gasteiger partial charge on any atom is -0.497 e. The van der Waals surface area contributed by atoms with E-state index in [-0.39, 0.29) is 6.61 Å². The number of rotatable bonds is 6. The van der Waals surface area contributed by atoms with Crippen LogP contribution in [0.2, 0.25) is 0 Å². The van der Waals surface area contributed by atoms with Gasteiger partial charge in [0.15, 0.2) is 5.76 Å². The lowest BCUT2D eigenvalue weighted by molar-refractivity contribution is -0.139. The number of aromatic nitrogens is 2. The zero-order valence-corrected chi connectivity index (χ0v) is 15.9. The fraction of sp³-hybridized carbons (Fsp3) is 0.136. The molecule has 0 aliphatic heterocycles. The van der Waals surface area contributed by atoms with Gasteiger partial charge in [-0.1, -0.05) is 23.4 Å². The Hall–Kier alpha value is -3.87. The van der Waals surface area contributed by atoms with Crippen molar-refractivity contribution in [1.29, 1.82) is 0 Å². The van der Waals surface area contributed by atoms with Crippen molar-refractivity contribution >= 4 is 22.7 Å². The van der Waals surface area contributed by atoms with Crippen LogP contribution in [-0.2, 0) is 16.1 Å². The highest BCUT2D eigenvalue weighted by atomic mass is 16.5. The first kappa shape index (κ1) is 18.5. The van der Waals surface area contributed by atoms with Gasteiger partial charge in [-0.15, -0.1) is 0 Å². The molecule has 0 saturated heterocycles. The molecule has 0 fully saturated rings. The lowest BCUT2D eigenvalue weighted by atomic mass is 10.1. The first-order valence-corrected chi connectivity index (χ1v) is 8.95. The van der Waals surface area contributed by atoms with Crippen LogP contribution in [0.25, 0.3) is 22.2 Å². The van der Waals surface area contributed by atoms with Gasteiger partial charge in [0.2, 0.25) is 0 Å². The number of para-hydroxylation sites is 1. The van der Waals surface area contributed by atoms with Crippen molar-refractivity contribution in [2.24, 2.45) is 0 Å². The molecule has 0 radical (unpaired) electrons. The van der Waals surface area contributed by atoms with Gasteiger partial charge < -0.3 is 19.0 Å². The van der Waals surface area contributed by atoms with Crippen molar-refractivity contribution in [2.75, 3.05) is 7.11 Å². The average molecular weight is 390 g/mol. The van der Waals surface area contributed by atoms with E-state index in [1.54, 1.807) is 38.3 Å². The molecule has 0 aliphatic carbocycles. The maximum atomic E-state index is 12.6. The van der Waals surface area contributed by atoms with Crippen molar-refractivity contribution in [2.45, 2.75) is 13.5 Å². The number of ketones is 1. The Morgan fingerprint density at radius 3 is 2.62 bits per heavy atom. The molecule has 2 heterocycles. The van der Waals surface area contributed by atoms with Gasteiger partial charge in [0.1, 0.15) is 18.1 Å². The summed E-state index contributed by atoms with van der Waals surface area (Å²) in [5.41, 5.74) is 2.96. The highest BCUT2D eigenvalue weighted by Crippen LogP contribution is 2.24. The third kappa shape index (κ3) is 3.62. The predicted molar refractivity (Wildman–Crippen MR) is 106 cm³/mol. The number of benzene rings is 2. The Balaban J connectivity index is 1.45. The molecule has 7 heteroatoms. The van der Waals surface area contributed by atoms with Gasteiger partial charge in [-0.05, 0) is 37.3 Å². The first-order valence-electron chi connectivity index (χ1n) is 8.95. The Bertz CT molecular complexity index is 1190. The Kier molecular flexibility index (Phi) is 4.87. The Morgan fingerprint density at radius 1 is 1.10 bits per heavy atom. The number of ether oxygens (including phenoxy) is 2. The number of nitrogens with zero attached hydrogens (tertiary/aromatic N) is 1. The molecule has 7 nitrogen and oxygen atoms in total. The fourth-order valence-electron chi connectivity index (χ4n) is 3.15. The van der Waals surface area contributed by atoms with Crippen molar-refractivity contribution in [3.05, 3.63) is 71.5 Å². The summed E-state index contributed by atoms with van der Waals surface area (Å²) in [6.45, 7) is 1.59. The van der Waals surface area contributed by atoms with E-state index < -0.39 is 11.8 Å². The maximum Gasteiger partial charge on any atom is 0.380 e. The van der Waals surface area contributed by atoms with Crippen molar-refractivity contribution < 1.29 is 23.6 Å². The van der Waals surface area contributed by atoms with Crippen LogP contribution in [0.15, 0.2) is 59.1 Å². The monoisotopic (exact) mass is 390 g/mol. The second kappa shape index (κ2) is 7.63. The largest absolute Gasteiger partial charge is 0.497 e. The Labute approximate surface area is 166 Å². The number of carbonyl (C=O) groups excluding carboxylic acids is 2. The maximum absolute atomic E-state index is 12.6. The lowest BCUT2D eigenvalue weighted by Crippen LogP contribution is -2.18. The molecule has 146 valence electrons. The number of aryl methyl sites for hydroxylation is 1. The average Bonchev–Trinajstić information content (AvgIpc) is 3.35. The van der Waals surface area contributed by atoms with Gasteiger partial charge in [0.25, 0.3) is 5.78 Å². The fourth-order valence-corrected chi connectivity index (χ4v) is 3.15. The second-order valence-corrected chi connectivity index (χ2v) is 6.49. The molecule has 0 spiro atoms. The number of methoxy groups -OCH3 is 1. The zero-order valence-electron chi connectivity index (χ0n) is 15.9. The van der Waals surface area contributed by atoms with Crippen LogP contribution in [-0.4, -0.2) is 29.0 Å². The predicted octanol–water partition coefficient (Wildman–Crippen LogP) is 4.07. The van der Waals surface area contributed by atoms with Crippen LogP contribution in [0.3, 0.4) is 0 Å². The van der Waals surface area contributed by atoms with E-state index in [2.05, 4.69) is 10.1 Å². The second-order valence-electron chi connectivity index (χ2n) is 6.49. The summed E-state index contributed by atoms with van der Waals surface area (Å²) < 4.78 is 15.6. The molecule has 0 atom stereocenters. The normalized spacial score (nSPS) is 10.8. The van der Waals surface area contributed by atoms with E-state index in [0.29, 0.717) is 28.1 Å². The van der Waals surface area contributed by atoms with E-state index in [9.17, 15) is 9.59 Å². The minimum absolute atomic E-state index is 0.161. The molecule has 2 aromatic heterocycles. The molecule has 0 aliphatic rings. The molecule has 4 aromatic rings. The summed E-state index contributed by atoms with van der Waals surface area (Å²) >= 11 is 0. The number of nitrogens with one attached hydrogen (secondary N) is 1. The quantitative estimate of drug-likeness (QED) is 0.303. The van der Waals surface area contributed by atoms with Crippen molar-refractivity contribution in [3.63, 3.8) is 0 Å². The van der Waals surface area contributed by atoms with Gasteiger partial charge in [0.05, 0.1) is 12.7 Å². The van der Waals surface area contributed by atoms with E-state index >= 15 is 0 Å². The van der Waals surface area contributed by atoms with Crippen LogP contribution in [0.5, 0.6) is 5.75 Å². The SMILES string of the molecule is COc1ccc(-c2cc(COC(=O)C(=O)c3c(C)[nH]c4ccccc34)no2)cc1. The van der Waals surface area contributed by atoms with Crippen LogP contribution >= 0.6 is 0 Å². The number of H-pyrrole nitrogens is 1. The molecule has 29 heavy (non-hydrogen) atoms. The van der Waals surface area contributed by atoms with E-state index in [0.717, 1.165) is 16.8 Å². The number of fused-ring (bicyclic) bond motifs is 1. The topological polar surface area (TPSA) is 94.4 Å². The number of carbonyl (C=O) groups is 2. The molecule has 0 saturated carbocycles. The third-order valence-corrected chi connectivity index (χ3v) is 4.59. The van der Waals surface area contributed by atoms with E-state index in [4.69, 9.17) is 14.0 Å². The highest BCUT2D eigenvalue weighted by Gasteiger charge is 2.24. The van der Waals surface area contributed by atoms with Gasteiger partial charge in [0, 0.05) is 28.2 Å². The highest BCUT2D eigenvalue weighted by molar-refractivity contribution is 6.43. The number of esters is 1. The first-order chi connectivity index (χ1) is 14.1. The smallest absolute Gasteiger partial charge is 0.380 e. The molecule has 0 unspecified atom stereocenters. The van der Waals surface area contributed by atoms with Crippen molar-refractivity contribution in [3.8, 4) is 17.1 Å². The van der Waals surface area contributed by atoms with Gasteiger partial charge in [-0.2, -0.15) is 0 Å². The molecule has 1 N–H and O–H groups in total.